The second-order valence-electron chi connectivity index (χ2n) is 6.30. The summed E-state index contributed by atoms with van der Waals surface area (Å²) in [5.41, 5.74) is 1.16. The third-order valence-corrected chi connectivity index (χ3v) is 4.25. The van der Waals surface area contributed by atoms with Gasteiger partial charge in [0.2, 0.25) is 0 Å². The molecule has 0 radical (unpaired) electrons. The van der Waals surface area contributed by atoms with Gasteiger partial charge in [0, 0.05) is 51.5 Å². The minimum atomic E-state index is 0.372. The molecular weight excluding hydrogens is 250 g/mol. The van der Waals surface area contributed by atoms with Gasteiger partial charge in [-0.3, -0.25) is 9.80 Å². The molecule has 3 aliphatic heterocycles. The van der Waals surface area contributed by atoms with Crippen LogP contribution in [0.2, 0.25) is 0 Å². The molecule has 1 unspecified atom stereocenters. The Morgan fingerprint density at radius 3 is 2.55 bits per heavy atom. The zero-order chi connectivity index (χ0) is 14.1. The van der Waals surface area contributed by atoms with Crippen LogP contribution >= 0.6 is 0 Å². The minimum Gasteiger partial charge on any atom is -0.373 e. The zero-order valence-corrected chi connectivity index (χ0v) is 12.8. The van der Waals surface area contributed by atoms with Crippen molar-refractivity contribution in [3.05, 3.63) is 17.6 Å². The van der Waals surface area contributed by atoms with E-state index in [1.807, 2.05) is 7.05 Å². The maximum Gasteiger partial charge on any atom is 0.149 e. The topological polar surface area (TPSA) is 44.3 Å². The summed E-state index contributed by atoms with van der Waals surface area (Å²) in [6.07, 6.45) is 1.01. The number of hydrogen-bond acceptors (Lipinski definition) is 5. The third kappa shape index (κ3) is 2.79. The zero-order valence-electron chi connectivity index (χ0n) is 12.8. The summed E-state index contributed by atoms with van der Waals surface area (Å²) in [5, 5.41) is 3.18. The van der Waals surface area contributed by atoms with Crippen LogP contribution in [-0.4, -0.2) is 59.5 Å². The molecule has 3 saturated heterocycles. The number of rotatable bonds is 4. The molecule has 1 N–H and O–H groups in total. The van der Waals surface area contributed by atoms with E-state index in [-0.39, 0.29) is 0 Å². The number of nitrogens with one attached hydrogen (secondary N) is 1. The van der Waals surface area contributed by atoms with Gasteiger partial charge in [-0.05, 0) is 12.3 Å². The maximum absolute atomic E-state index is 4.84. The first-order chi connectivity index (χ1) is 9.65. The quantitative estimate of drug-likeness (QED) is 0.899. The van der Waals surface area contributed by atoms with Crippen molar-refractivity contribution in [1.29, 1.82) is 0 Å². The molecule has 0 saturated carbocycles. The Morgan fingerprint density at radius 1 is 1.25 bits per heavy atom. The smallest absolute Gasteiger partial charge is 0.149 e. The highest BCUT2D eigenvalue weighted by Crippen LogP contribution is 2.27. The molecule has 5 heteroatoms. The van der Waals surface area contributed by atoms with Crippen LogP contribution in [0.25, 0.3) is 0 Å². The predicted octanol–water partition coefficient (Wildman–Crippen LogP) is 1.39. The lowest BCUT2D eigenvalue weighted by Crippen LogP contribution is -2.57. The van der Waals surface area contributed by atoms with E-state index in [1.165, 1.54) is 13.1 Å². The molecule has 5 nitrogen and oxygen atoms in total. The second kappa shape index (κ2) is 5.66. The summed E-state index contributed by atoms with van der Waals surface area (Å²) in [6.45, 7) is 10.2. The van der Waals surface area contributed by atoms with Gasteiger partial charge in [-0.2, -0.15) is 0 Å². The Hall–Kier alpha value is -1.20. The highest BCUT2D eigenvalue weighted by Gasteiger charge is 2.34. The van der Waals surface area contributed by atoms with Crippen molar-refractivity contribution in [2.24, 2.45) is 5.92 Å². The molecule has 1 aromatic heterocycles. The van der Waals surface area contributed by atoms with Gasteiger partial charge in [0.1, 0.15) is 11.6 Å². The summed E-state index contributed by atoms with van der Waals surface area (Å²) < 4.78 is 0. The first-order valence-corrected chi connectivity index (χ1v) is 7.67. The van der Waals surface area contributed by atoms with Crippen LogP contribution in [0.5, 0.6) is 0 Å². The SMILES string of the molecule is CNc1cc(CC(C)C)nc(C2CN3CCN2CC3)n1. The summed E-state index contributed by atoms with van der Waals surface area (Å²) >= 11 is 0. The summed E-state index contributed by atoms with van der Waals surface area (Å²) in [7, 11) is 1.93. The van der Waals surface area contributed by atoms with Crippen molar-refractivity contribution in [1.82, 2.24) is 19.8 Å². The Bertz CT molecular complexity index is 465. The summed E-state index contributed by atoms with van der Waals surface area (Å²) in [5.74, 6) is 2.56. The molecular formula is C15H25N5. The third-order valence-electron chi connectivity index (χ3n) is 4.25. The predicted molar refractivity (Wildman–Crippen MR) is 80.9 cm³/mol. The lowest BCUT2D eigenvalue weighted by atomic mass is 10.1. The number of hydrogen-bond donors (Lipinski definition) is 1. The van der Waals surface area contributed by atoms with E-state index in [0.29, 0.717) is 12.0 Å². The van der Waals surface area contributed by atoms with Gasteiger partial charge in [-0.1, -0.05) is 13.8 Å². The fraction of sp³-hybridized carbons (Fsp3) is 0.733. The molecule has 0 amide bonds. The molecule has 0 spiro atoms. The molecule has 0 aromatic carbocycles. The lowest BCUT2D eigenvalue weighted by molar-refractivity contribution is 0.00861. The highest BCUT2D eigenvalue weighted by atomic mass is 15.4. The van der Waals surface area contributed by atoms with Crippen LogP contribution in [0.15, 0.2) is 6.07 Å². The van der Waals surface area contributed by atoms with Gasteiger partial charge in [-0.15, -0.1) is 0 Å². The normalized spacial score (nSPS) is 28.9. The first kappa shape index (κ1) is 13.8. The number of piperazine rings is 3. The molecule has 4 heterocycles. The molecule has 4 rings (SSSR count). The van der Waals surface area contributed by atoms with Crippen molar-refractivity contribution in [3.63, 3.8) is 0 Å². The molecule has 2 bridgehead atoms. The van der Waals surface area contributed by atoms with Crippen LogP contribution in [0, 0.1) is 5.92 Å². The van der Waals surface area contributed by atoms with Crippen molar-refractivity contribution in [2.45, 2.75) is 26.3 Å². The maximum atomic E-state index is 4.84. The van der Waals surface area contributed by atoms with Gasteiger partial charge in [0.15, 0.2) is 0 Å². The van der Waals surface area contributed by atoms with Gasteiger partial charge in [0.25, 0.3) is 0 Å². The molecule has 3 fully saturated rings. The average molecular weight is 275 g/mol. The molecule has 20 heavy (non-hydrogen) atoms. The van der Waals surface area contributed by atoms with Gasteiger partial charge < -0.3 is 5.32 Å². The van der Waals surface area contributed by atoms with Crippen LogP contribution in [0.1, 0.15) is 31.4 Å². The summed E-state index contributed by atoms with van der Waals surface area (Å²) in [6, 6.07) is 2.46. The molecule has 110 valence electrons. The lowest BCUT2D eigenvalue weighted by Gasteiger charge is -2.46. The Kier molecular flexibility index (Phi) is 3.89. The Labute approximate surface area is 121 Å². The van der Waals surface area contributed by atoms with E-state index in [4.69, 9.17) is 9.97 Å². The number of fused-ring (bicyclic) bond motifs is 3. The van der Waals surface area contributed by atoms with Crippen LogP contribution < -0.4 is 5.32 Å². The Morgan fingerprint density at radius 2 is 2.00 bits per heavy atom. The van der Waals surface area contributed by atoms with E-state index in [9.17, 15) is 0 Å². The van der Waals surface area contributed by atoms with Crippen molar-refractivity contribution in [3.8, 4) is 0 Å². The summed E-state index contributed by atoms with van der Waals surface area (Å²) in [4.78, 5) is 14.6. The molecule has 1 atom stereocenters. The minimum absolute atomic E-state index is 0.372. The number of nitrogens with zero attached hydrogens (tertiary/aromatic N) is 4. The fourth-order valence-electron chi connectivity index (χ4n) is 3.18. The monoisotopic (exact) mass is 275 g/mol. The number of aromatic nitrogens is 2. The van der Waals surface area contributed by atoms with Crippen LogP contribution in [0.4, 0.5) is 5.82 Å². The number of anilines is 1. The largest absolute Gasteiger partial charge is 0.373 e. The Balaban J connectivity index is 1.88. The average Bonchev–Trinajstić information content (AvgIpc) is 2.47. The van der Waals surface area contributed by atoms with Crippen LogP contribution in [0.3, 0.4) is 0 Å². The van der Waals surface area contributed by atoms with E-state index < -0.39 is 0 Å². The van der Waals surface area contributed by atoms with E-state index in [2.05, 4.69) is 35.0 Å². The molecule has 0 aliphatic carbocycles. The molecule has 1 aromatic rings. The van der Waals surface area contributed by atoms with E-state index >= 15 is 0 Å². The van der Waals surface area contributed by atoms with E-state index in [1.54, 1.807) is 0 Å². The van der Waals surface area contributed by atoms with Gasteiger partial charge in [0.05, 0.1) is 6.04 Å². The standard InChI is InChI=1S/C15H25N5/c1-11(2)8-12-9-14(16-3)18-15(17-12)13-10-19-4-6-20(13)7-5-19/h9,11,13H,4-8,10H2,1-3H3,(H,16,17,18). The van der Waals surface area contributed by atoms with Crippen molar-refractivity contribution < 1.29 is 0 Å². The van der Waals surface area contributed by atoms with E-state index in [0.717, 1.165) is 43.4 Å². The highest BCUT2D eigenvalue weighted by molar-refractivity contribution is 5.36. The fourth-order valence-corrected chi connectivity index (χ4v) is 3.18. The van der Waals surface area contributed by atoms with Gasteiger partial charge >= 0.3 is 0 Å². The molecule has 3 aliphatic rings. The van der Waals surface area contributed by atoms with Crippen LogP contribution in [-0.2, 0) is 6.42 Å². The van der Waals surface area contributed by atoms with Crippen molar-refractivity contribution >= 4 is 5.82 Å². The second-order valence-corrected chi connectivity index (χ2v) is 6.30. The first-order valence-electron chi connectivity index (χ1n) is 7.67. The van der Waals surface area contributed by atoms with Crippen molar-refractivity contribution in [2.75, 3.05) is 45.1 Å². The van der Waals surface area contributed by atoms with Gasteiger partial charge in [-0.25, -0.2) is 9.97 Å².